The summed E-state index contributed by atoms with van der Waals surface area (Å²) in [5.41, 5.74) is 4.93. The highest BCUT2D eigenvalue weighted by atomic mass is 16.5. The molecule has 2 heterocycles. The van der Waals surface area contributed by atoms with E-state index in [0.29, 0.717) is 24.6 Å². The fraction of sp³-hybridized carbons (Fsp3) is 0.375. The van der Waals surface area contributed by atoms with Crippen LogP contribution in [0, 0.1) is 0 Å². The number of carboxylic acids is 1. The van der Waals surface area contributed by atoms with Gasteiger partial charge in [-0.1, -0.05) is 25.3 Å². The number of fused-ring (bicyclic) bond motifs is 5. The summed E-state index contributed by atoms with van der Waals surface area (Å²) < 4.78 is 13.8. The Morgan fingerprint density at radius 1 is 1.14 bits per heavy atom. The summed E-state index contributed by atoms with van der Waals surface area (Å²) >= 11 is 0. The number of hydrogen-bond acceptors (Lipinski definition) is 3. The van der Waals surface area contributed by atoms with Crippen LogP contribution in [0.15, 0.2) is 36.4 Å². The van der Waals surface area contributed by atoms with E-state index in [1.165, 1.54) is 48.7 Å². The molecule has 29 heavy (non-hydrogen) atoms. The summed E-state index contributed by atoms with van der Waals surface area (Å²) in [4.78, 5) is 11.6. The van der Waals surface area contributed by atoms with E-state index in [1.54, 1.807) is 13.2 Å². The summed E-state index contributed by atoms with van der Waals surface area (Å²) in [5.74, 6) is 1.21. The van der Waals surface area contributed by atoms with Crippen LogP contribution in [0.3, 0.4) is 0 Å². The average molecular weight is 391 g/mol. The molecule has 2 aromatic carbocycles. The highest BCUT2D eigenvalue weighted by Gasteiger charge is 2.29. The molecule has 0 radical (unpaired) electrons. The maximum Gasteiger partial charge on any atom is 0.335 e. The van der Waals surface area contributed by atoms with Gasteiger partial charge in [-0.2, -0.15) is 0 Å². The zero-order valence-corrected chi connectivity index (χ0v) is 16.6. The van der Waals surface area contributed by atoms with E-state index in [-0.39, 0.29) is 0 Å². The van der Waals surface area contributed by atoms with Gasteiger partial charge in [-0.15, -0.1) is 0 Å². The Hall–Kier alpha value is -2.95. The molecule has 5 nitrogen and oxygen atoms in total. The molecule has 0 saturated heterocycles. The van der Waals surface area contributed by atoms with Crippen LogP contribution in [0.2, 0.25) is 0 Å². The van der Waals surface area contributed by atoms with E-state index in [0.717, 1.165) is 22.6 Å². The zero-order chi connectivity index (χ0) is 20.0. The topological polar surface area (TPSA) is 60.7 Å². The average Bonchev–Trinajstić information content (AvgIpc) is 2.95. The van der Waals surface area contributed by atoms with Gasteiger partial charge in [-0.3, -0.25) is 0 Å². The van der Waals surface area contributed by atoms with E-state index >= 15 is 0 Å². The summed E-state index contributed by atoms with van der Waals surface area (Å²) in [6.07, 6.45) is 6.15. The minimum absolute atomic E-state index is 0.327. The van der Waals surface area contributed by atoms with E-state index in [9.17, 15) is 9.90 Å². The highest BCUT2D eigenvalue weighted by molar-refractivity contribution is 5.98. The van der Waals surface area contributed by atoms with Crippen molar-refractivity contribution in [3.63, 3.8) is 0 Å². The first-order valence-corrected chi connectivity index (χ1v) is 10.4. The minimum atomic E-state index is -0.892. The van der Waals surface area contributed by atoms with Crippen molar-refractivity contribution in [2.45, 2.75) is 44.6 Å². The van der Waals surface area contributed by atoms with Crippen LogP contribution < -0.4 is 9.47 Å². The fourth-order valence-corrected chi connectivity index (χ4v) is 5.03. The summed E-state index contributed by atoms with van der Waals surface area (Å²) in [7, 11) is 1.66. The molecule has 1 aliphatic heterocycles. The zero-order valence-electron chi connectivity index (χ0n) is 16.6. The van der Waals surface area contributed by atoms with Gasteiger partial charge in [0.15, 0.2) is 0 Å². The third-order valence-electron chi connectivity index (χ3n) is 6.38. The molecule has 0 amide bonds. The van der Waals surface area contributed by atoms with Crippen LogP contribution in [0.4, 0.5) is 0 Å². The Morgan fingerprint density at radius 2 is 1.97 bits per heavy atom. The molecule has 0 unspecified atom stereocenters. The van der Waals surface area contributed by atoms with E-state index < -0.39 is 5.97 Å². The number of hydrogen-bond donors (Lipinski definition) is 1. The number of benzene rings is 2. The number of aromatic nitrogens is 1. The van der Waals surface area contributed by atoms with Crippen LogP contribution in [-0.2, 0) is 6.54 Å². The Bertz CT molecular complexity index is 1090. The number of nitrogens with zero attached hydrogens (tertiary/aromatic N) is 1. The van der Waals surface area contributed by atoms with Gasteiger partial charge in [0.25, 0.3) is 0 Å². The molecule has 1 aliphatic carbocycles. The minimum Gasteiger partial charge on any atom is -0.497 e. The first kappa shape index (κ1) is 18.1. The van der Waals surface area contributed by atoms with Crippen LogP contribution in [0.5, 0.6) is 11.5 Å². The smallest absolute Gasteiger partial charge is 0.335 e. The Labute approximate surface area is 169 Å². The first-order valence-electron chi connectivity index (χ1n) is 10.4. The lowest BCUT2D eigenvalue weighted by Gasteiger charge is -2.23. The Morgan fingerprint density at radius 3 is 2.72 bits per heavy atom. The lowest BCUT2D eigenvalue weighted by atomic mass is 9.81. The van der Waals surface area contributed by atoms with E-state index in [2.05, 4.69) is 10.6 Å². The van der Waals surface area contributed by atoms with Gasteiger partial charge in [0, 0.05) is 22.5 Å². The third kappa shape index (κ3) is 2.96. The van der Waals surface area contributed by atoms with Crippen LogP contribution in [0.1, 0.15) is 53.9 Å². The number of aromatic carboxylic acids is 1. The Kier molecular flexibility index (Phi) is 4.46. The standard InChI is InChI=1S/C24H25NO4/c1-28-17-8-10-19-21(14-17)29-12-11-25-20-13-16(24(26)27)7-9-18(20)22(23(19)25)15-5-3-2-4-6-15/h7-10,13-15H,2-6,11-12H2,1H3,(H,26,27). The molecular formula is C24H25NO4. The maximum absolute atomic E-state index is 11.6. The second kappa shape index (κ2) is 7.14. The van der Waals surface area contributed by atoms with Gasteiger partial charge in [0.05, 0.1) is 24.9 Å². The second-order valence-corrected chi connectivity index (χ2v) is 8.00. The molecular weight excluding hydrogens is 366 g/mol. The molecule has 5 heteroatoms. The molecule has 0 spiro atoms. The molecule has 2 aliphatic rings. The van der Waals surface area contributed by atoms with Crippen LogP contribution in [0.25, 0.3) is 22.2 Å². The molecule has 1 saturated carbocycles. The van der Waals surface area contributed by atoms with Crippen molar-refractivity contribution in [1.29, 1.82) is 0 Å². The lowest BCUT2D eigenvalue weighted by Crippen LogP contribution is -2.07. The normalized spacial score (nSPS) is 16.6. The quantitative estimate of drug-likeness (QED) is 0.644. The van der Waals surface area contributed by atoms with Crippen molar-refractivity contribution >= 4 is 16.9 Å². The molecule has 0 atom stereocenters. The van der Waals surface area contributed by atoms with E-state index in [1.807, 2.05) is 24.3 Å². The highest BCUT2D eigenvalue weighted by Crippen LogP contribution is 2.47. The van der Waals surface area contributed by atoms with Gasteiger partial charge in [0.1, 0.15) is 18.1 Å². The van der Waals surface area contributed by atoms with Gasteiger partial charge in [-0.25, -0.2) is 4.79 Å². The molecule has 1 N–H and O–H groups in total. The van der Waals surface area contributed by atoms with Gasteiger partial charge >= 0.3 is 5.97 Å². The maximum atomic E-state index is 11.6. The number of carboxylic acid groups (broad SMARTS) is 1. The van der Waals surface area contributed by atoms with Crippen molar-refractivity contribution in [3.05, 3.63) is 47.5 Å². The van der Waals surface area contributed by atoms with Crippen molar-refractivity contribution in [1.82, 2.24) is 4.57 Å². The summed E-state index contributed by atoms with van der Waals surface area (Å²) in [6, 6.07) is 11.6. The fourth-order valence-electron chi connectivity index (χ4n) is 5.03. The third-order valence-corrected chi connectivity index (χ3v) is 6.38. The summed E-state index contributed by atoms with van der Waals surface area (Å²) in [5, 5.41) is 10.7. The number of methoxy groups -OCH3 is 1. The monoisotopic (exact) mass is 391 g/mol. The van der Waals surface area contributed by atoms with Crippen LogP contribution in [-0.4, -0.2) is 29.4 Å². The predicted molar refractivity (Wildman–Crippen MR) is 112 cm³/mol. The molecule has 1 aromatic heterocycles. The molecule has 0 bridgehead atoms. The van der Waals surface area contributed by atoms with E-state index in [4.69, 9.17) is 9.47 Å². The van der Waals surface area contributed by atoms with Gasteiger partial charge in [-0.05, 0) is 48.6 Å². The molecule has 150 valence electrons. The predicted octanol–water partition coefficient (Wildman–Crippen LogP) is 5.46. The van der Waals surface area contributed by atoms with Crippen molar-refractivity contribution < 1.29 is 19.4 Å². The number of ether oxygens (including phenoxy) is 2. The van der Waals surface area contributed by atoms with Gasteiger partial charge < -0.3 is 19.1 Å². The summed E-state index contributed by atoms with van der Waals surface area (Å²) in [6.45, 7) is 1.23. The SMILES string of the molecule is COc1ccc2c(c1)OCCn1c-2c(C2CCCCC2)c2ccc(C(=O)O)cc21. The van der Waals surface area contributed by atoms with Crippen molar-refractivity contribution in [2.24, 2.45) is 0 Å². The number of carbonyl (C=O) groups is 1. The first-order chi connectivity index (χ1) is 14.2. The van der Waals surface area contributed by atoms with Crippen LogP contribution >= 0.6 is 0 Å². The molecule has 3 aromatic rings. The molecule has 1 fully saturated rings. The van der Waals surface area contributed by atoms with Gasteiger partial charge in [0.2, 0.25) is 0 Å². The largest absolute Gasteiger partial charge is 0.497 e. The second-order valence-electron chi connectivity index (χ2n) is 8.00. The molecule has 5 rings (SSSR count). The van der Waals surface area contributed by atoms with Crippen molar-refractivity contribution in [3.8, 4) is 22.8 Å². The number of rotatable bonds is 3. The lowest BCUT2D eigenvalue weighted by molar-refractivity contribution is 0.0697. The Balaban J connectivity index is 1.81. The van der Waals surface area contributed by atoms with Crippen molar-refractivity contribution in [2.75, 3.05) is 13.7 Å².